The fourth-order valence-electron chi connectivity index (χ4n) is 0.576. The van der Waals surface area contributed by atoms with Crippen molar-refractivity contribution in [3.63, 3.8) is 0 Å². The molecule has 13 heavy (non-hydrogen) atoms. The molecule has 78 valence electrons. The first kappa shape index (κ1) is 12.7. The molecule has 0 aliphatic carbocycles. The number of hydrogen-bond donors (Lipinski definition) is 2. The molecule has 0 aliphatic heterocycles. The van der Waals surface area contributed by atoms with Crippen LogP contribution >= 0.6 is 12.8 Å². The molecule has 0 rings (SSSR count). The Hall–Kier alpha value is -0.300. The number of esters is 1. The smallest absolute Gasteiger partial charge is 0.305 e. The van der Waals surface area contributed by atoms with Gasteiger partial charge in [0, 0.05) is 12.8 Å². The Bertz CT molecular complexity index is 134. The minimum absolute atomic E-state index is 0.130. The third kappa shape index (κ3) is 9.62. The van der Waals surface area contributed by atoms with Gasteiger partial charge in [-0.3, -0.25) is 9.63 Å². The summed E-state index contributed by atoms with van der Waals surface area (Å²) in [5, 5.41) is 0. The maximum atomic E-state index is 10.6. The van der Waals surface area contributed by atoms with Crippen LogP contribution in [0.25, 0.3) is 0 Å². The van der Waals surface area contributed by atoms with Gasteiger partial charge in [0.15, 0.2) is 6.79 Å². The predicted octanol–water partition coefficient (Wildman–Crippen LogP) is 0.670. The minimum Gasteiger partial charge on any atom is -0.466 e. The first-order valence-electron chi connectivity index (χ1n) is 4.05. The molecule has 0 radical (unpaired) electrons. The fraction of sp³-hybridized carbons (Fsp3) is 0.857. The van der Waals surface area contributed by atoms with Gasteiger partial charge in [-0.05, 0) is 0 Å². The molecule has 5 nitrogen and oxygen atoms in total. The normalized spacial score (nSPS) is 10.0. The summed E-state index contributed by atoms with van der Waals surface area (Å²) < 4.78 is 9.77. The summed E-state index contributed by atoms with van der Waals surface area (Å²) in [6.45, 7) is 2.77. The zero-order chi connectivity index (χ0) is 9.94. The molecule has 0 bridgehead atoms. The van der Waals surface area contributed by atoms with Crippen molar-refractivity contribution in [1.82, 2.24) is 4.89 Å². The van der Waals surface area contributed by atoms with Gasteiger partial charge in [0.1, 0.15) is 0 Å². The topological polar surface area (TPSA) is 56.8 Å². The van der Waals surface area contributed by atoms with E-state index in [1.807, 2.05) is 0 Å². The molecule has 6 heteroatoms. The highest BCUT2D eigenvalue weighted by Crippen LogP contribution is 1.89. The molecule has 0 saturated carbocycles. The SMILES string of the molecule is CCC(=O)OCCCOCONS. The number of thiol groups is 1. The summed E-state index contributed by atoms with van der Waals surface area (Å²) in [6.07, 6.45) is 1.08. The molecule has 0 aliphatic rings. The first-order chi connectivity index (χ1) is 6.31. The van der Waals surface area contributed by atoms with Crippen molar-refractivity contribution in [3.05, 3.63) is 0 Å². The number of ether oxygens (including phenoxy) is 2. The summed E-state index contributed by atoms with van der Waals surface area (Å²) in [6, 6.07) is 0. The van der Waals surface area contributed by atoms with E-state index in [1.165, 1.54) is 0 Å². The first-order valence-corrected chi connectivity index (χ1v) is 4.50. The third-order valence-corrected chi connectivity index (χ3v) is 1.32. The van der Waals surface area contributed by atoms with Crippen LogP contribution in [0.15, 0.2) is 0 Å². The molecular formula is C7H15NO4S. The Morgan fingerprint density at radius 1 is 1.46 bits per heavy atom. The molecule has 0 fully saturated rings. The molecule has 0 amide bonds. The van der Waals surface area contributed by atoms with Crippen LogP contribution in [-0.4, -0.2) is 26.0 Å². The van der Waals surface area contributed by atoms with Crippen LogP contribution in [0.3, 0.4) is 0 Å². The third-order valence-electron chi connectivity index (χ3n) is 1.19. The molecule has 1 N–H and O–H groups in total. The van der Waals surface area contributed by atoms with E-state index in [-0.39, 0.29) is 12.8 Å². The summed E-state index contributed by atoms with van der Waals surface area (Å²) in [4.78, 5) is 17.4. The van der Waals surface area contributed by atoms with E-state index in [0.29, 0.717) is 26.1 Å². The van der Waals surface area contributed by atoms with E-state index in [9.17, 15) is 4.79 Å². The highest BCUT2D eigenvalue weighted by molar-refractivity contribution is 7.77. The van der Waals surface area contributed by atoms with Gasteiger partial charge >= 0.3 is 5.97 Å². The molecular weight excluding hydrogens is 194 g/mol. The van der Waals surface area contributed by atoms with Gasteiger partial charge in [0.05, 0.1) is 13.2 Å². The van der Waals surface area contributed by atoms with Crippen LogP contribution in [0.2, 0.25) is 0 Å². The molecule has 0 aromatic rings. The average Bonchev–Trinajstić information content (AvgIpc) is 2.16. The van der Waals surface area contributed by atoms with E-state index < -0.39 is 0 Å². The van der Waals surface area contributed by atoms with Crippen molar-refractivity contribution in [2.75, 3.05) is 20.0 Å². The lowest BCUT2D eigenvalue weighted by Crippen LogP contribution is -2.10. The number of carbonyl (C=O) groups is 1. The highest BCUT2D eigenvalue weighted by atomic mass is 32.1. The van der Waals surface area contributed by atoms with E-state index in [1.54, 1.807) is 6.92 Å². The van der Waals surface area contributed by atoms with Crippen LogP contribution < -0.4 is 4.89 Å². The zero-order valence-electron chi connectivity index (χ0n) is 7.62. The summed E-state index contributed by atoms with van der Waals surface area (Å²) in [5.74, 6) is -0.187. The Morgan fingerprint density at radius 3 is 2.85 bits per heavy atom. The molecule has 0 aromatic carbocycles. The maximum Gasteiger partial charge on any atom is 0.305 e. The highest BCUT2D eigenvalue weighted by Gasteiger charge is 1.96. The van der Waals surface area contributed by atoms with E-state index >= 15 is 0 Å². The predicted molar refractivity (Wildman–Crippen MR) is 49.9 cm³/mol. The second-order valence-corrected chi connectivity index (χ2v) is 2.37. The number of nitrogens with one attached hydrogen (secondary N) is 1. The Labute approximate surface area is 83.2 Å². The van der Waals surface area contributed by atoms with Gasteiger partial charge in [-0.2, -0.15) is 0 Å². The van der Waals surface area contributed by atoms with E-state index in [2.05, 4.69) is 22.5 Å². The zero-order valence-corrected chi connectivity index (χ0v) is 8.51. The van der Waals surface area contributed by atoms with Gasteiger partial charge in [-0.25, -0.2) is 0 Å². The van der Waals surface area contributed by atoms with Gasteiger partial charge < -0.3 is 9.47 Å². The van der Waals surface area contributed by atoms with E-state index in [0.717, 1.165) is 0 Å². The number of rotatable bonds is 8. The molecule has 0 saturated heterocycles. The molecule has 0 unspecified atom stereocenters. The van der Waals surface area contributed by atoms with Gasteiger partial charge in [0.25, 0.3) is 0 Å². The molecule has 0 heterocycles. The molecule has 0 atom stereocenters. The lowest BCUT2D eigenvalue weighted by atomic mass is 10.5. The minimum atomic E-state index is -0.187. The average molecular weight is 209 g/mol. The van der Waals surface area contributed by atoms with Crippen LogP contribution in [-0.2, 0) is 19.1 Å². The lowest BCUT2D eigenvalue weighted by molar-refractivity contribution is -0.144. The Morgan fingerprint density at radius 2 is 2.23 bits per heavy atom. The van der Waals surface area contributed by atoms with Crippen LogP contribution in [0.4, 0.5) is 0 Å². The van der Waals surface area contributed by atoms with Crippen LogP contribution in [0.5, 0.6) is 0 Å². The van der Waals surface area contributed by atoms with Crippen LogP contribution in [0.1, 0.15) is 19.8 Å². The van der Waals surface area contributed by atoms with Crippen LogP contribution in [0, 0.1) is 0 Å². The second kappa shape index (κ2) is 9.79. The second-order valence-electron chi connectivity index (χ2n) is 2.19. The van der Waals surface area contributed by atoms with Crippen molar-refractivity contribution in [1.29, 1.82) is 0 Å². The largest absolute Gasteiger partial charge is 0.466 e. The fourth-order valence-corrected chi connectivity index (χ4v) is 0.629. The van der Waals surface area contributed by atoms with Gasteiger partial charge in [-0.1, -0.05) is 19.7 Å². The lowest BCUT2D eigenvalue weighted by Gasteiger charge is -2.04. The van der Waals surface area contributed by atoms with Crippen molar-refractivity contribution < 1.29 is 19.1 Å². The quantitative estimate of drug-likeness (QED) is 0.202. The van der Waals surface area contributed by atoms with Crippen molar-refractivity contribution in [3.8, 4) is 0 Å². The Balaban J connectivity index is 2.95. The van der Waals surface area contributed by atoms with Gasteiger partial charge in [0.2, 0.25) is 0 Å². The standard InChI is InChI=1S/C7H15NO4S/c1-2-7(9)11-5-3-4-10-6-12-8-13/h8,13H,2-6H2,1H3. The molecule has 0 spiro atoms. The summed E-state index contributed by atoms with van der Waals surface area (Å²) in [7, 11) is 0. The monoisotopic (exact) mass is 209 g/mol. The molecule has 0 aromatic heterocycles. The van der Waals surface area contributed by atoms with Gasteiger partial charge in [-0.15, -0.1) is 4.89 Å². The van der Waals surface area contributed by atoms with Crippen molar-refractivity contribution >= 4 is 18.8 Å². The Kier molecular flexibility index (Phi) is 9.56. The maximum absolute atomic E-state index is 10.6. The number of hydrogen-bond acceptors (Lipinski definition) is 6. The summed E-state index contributed by atoms with van der Waals surface area (Å²) >= 11 is 3.58. The number of carbonyl (C=O) groups excluding carboxylic acids is 1. The summed E-state index contributed by atoms with van der Waals surface area (Å²) in [5.41, 5.74) is 0. The van der Waals surface area contributed by atoms with Crippen molar-refractivity contribution in [2.24, 2.45) is 0 Å². The van der Waals surface area contributed by atoms with E-state index in [4.69, 9.17) is 9.47 Å². The van der Waals surface area contributed by atoms with Crippen molar-refractivity contribution in [2.45, 2.75) is 19.8 Å².